The van der Waals surface area contributed by atoms with Gasteiger partial charge in [0.15, 0.2) is 6.61 Å². The van der Waals surface area contributed by atoms with Gasteiger partial charge in [-0.15, -0.1) is 0 Å². The molecule has 1 fully saturated rings. The van der Waals surface area contributed by atoms with Crippen molar-refractivity contribution in [1.82, 2.24) is 10.7 Å². The molecule has 1 saturated carbocycles. The Morgan fingerprint density at radius 1 is 1.25 bits per heavy atom. The topological polar surface area (TPSA) is 79.8 Å². The minimum atomic E-state index is -0.355. The lowest BCUT2D eigenvalue weighted by Crippen LogP contribution is -2.34. The first kappa shape index (κ1) is 18.0. The van der Waals surface area contributed by atoms with Crippen molar-refractivity contribution in [3.05, 3.63) is 29.8 Å². The first-order valence-corrected chi connectivity index (χ1v) is 8.34. The fourth-order valence-electron chi connectivity index (χ4n) is 2.66. The monoisotopic (exact) mass is 331 g/mol. The second-order valence-electron chi connectivity index (χ2n) is 6.21. The van der Waals surface area contributed by atoms with E-state index in [0.29, 0.717) is 17.5 Å². The van der Waals surface area contributed by atoms with E-state index in [1.165, 1.54) is 12.8 Å². The fourth-order valence-corrected chi connectivity index (χ4v) is 2.66. The quantitative estimate of drug-likeness (QED) is 0.594. The van der Waals surface area contributed by atoms with E-state index in [1.807, 2.05) is 25.1 Å². The van der Waals surface area contributed by atoms with Gasteiger partial charge in [-0.2, -0.15) is 5.10 Å². The van der Waals surface area contributed by atoms with E-state index < -0.39 is 0 Å². The Balaban J connectivity index is 1.68. The number of hydrogen-bond acceptors (Lipinski definition) is 4. The largest absolute Gasteiger partial charge is 0.484 e. The predicted molar refractivity (Wildman–Crippen MR) is 92.9 cm³/mol. The van der Waals surface area contributed by atoms with Crippen molar-refractivity contribution in [2.45, 2.75) is 52.0 Å². The summed E-state index contributed by atoms with van der Waals surface area (Å²) in [6.07, 6.45) is 4.64. The van der Waals surface area contributed by atoms with E-state index in [9.17, 15) is 9.59 Å². The maximum Gasteiger partial charge on any atom is 0.277 e. The third-order valence-electron chi connectivity index (χ3n) is 3.87. The van der Waals surface area contributed by atoms with Crippen LogP contribution in [0.4, 0.5) is 0 Å². The van der Waals surface area contributed by atoms with Gasteiger partial charge in [-0.1, -0.05) is 25.0 Å². The van der Waals surface area contributed by atoms with Crippen LogP contribution in [0.2, 0.25) is 0 Å². The summed E-state index contributed by atoms with van der Waals surface area (Å²) in [4.78, 5) is 23.6. The molecule has 24 heavy (non-hydrogen) atoms. The lowest BCUT2D eigenvalue weighted by Gasteiger charge is -2.11. The molecule has 130 valence electrons. The van der Waals surface area contributed by atoms with Crippen LogP contribution in [0, 0.1) is 6.92 Å². The fraction of sp³-hybridized carbons (Fsp3) is 0.500. The molecule has 0 bridgehead atoms. The van der Waals surface area contributed by atoms with Crippen molar-refractivity contribution in [3.8, 4) is 5.75 Å². The molecule has 1 aromatic carbocycles. The number of carbonyl (C=O) groups excluding carboxylic acids is 2. The molecular weight excluding hydrogens is 306 g/mol. The van der Waals surface area contributed by atoms with Crippen molar-refractivity contribution >= 4 is 17.5 Å². The maximum absolute atomic E-state index is 11.9. The van der Waals surface area contributed by atoms with Crippen LogP contribution in [0.25, 0.3) is 0 Å². The Bertz CT molecular complexity index is 607. The molecule has 6 nitrogen and oxygen atoms in total. The predicted octanol–water partition coefficient (Wildman–Crippen LogP) is 2.31. The number of hydrazone groups is 1. The summed E-state index contributed by atoms with van der Waals surface area (Å²) in [6.45, 7) is 3.56. The molecule has 1 aliphatic rings. The van der Waals surface area contributed by atoms with E-state index in [2.05, 4.69) is 15.8 Å². The average molecular weight is 331 g/mol. The van der Waals surface area contributed by atoms with Crippen molar-refractivity contribution < 1.29 is 14.3 Å². The Hall–Kier alpha value is -2.37. The molecule has 0 spiro atoms. The number of amides is 2. The molecule has 2 rings (SSSR count). The Morgan fingerprint density at radius 2 is 2.00 bits per heavy atom. The average Bonchev–Trinajstić information content (AvgIpc) is 3.03. The van der Waals surface area contributed by atoms with Crippen molar-refractivity contribution in [2.24, 2.45) is 5.10 Å². The summed E-state index contributed by atoms with van der Waals surface area (Å²) < 4.78 is 5.39. The second-order valence-corrected chi connectivity index (χ2v) is 6.21. The van der Waals surface area contributed by atoms with Gasteiger partial charge in [-0.05, 0) is 44.4 Å². The van der Waals surface area contributed by atoms with Crippen molar-refractivity contribution in [2.75, 3.05) is 6.61 Å². The van der Waals surface area contributed by atoms with Crippen molar-refractivity contribution in [1.29, 1.82) is 0 Å². The minimum Gasteiger partial charge on any atom is -0.484 e. The molecule has 0 unspecified atom stereocenters. The van der Waals surface area contributed by atoms with Gasteiger partial charge in [0.25, 0.3) is 5.91 Å². The third-order valence-corrected chi connectivity index (χ3v) is 3.87. The van der Waals surface area contributed by atoms with E-state index in [-0.39, 0.29) is 24.8 Å². The third kappa shape index (κ3) is 6.40. The number of nitrogens with one attached hydrogen (secondary N) is 2. The van der Waals surface area contributed by atoms with Gasteiger partial charge in [-0.3, -0.25) is 9.59 Å². The van der Waals surface area contributed by atoms with Crippen LogP contribution in [0.1, 0.15) is 44.6 Å². The van der Waals surface area contributed by atoms with Crippen molar-refractivity contribution in [3.63, 3.8) is 0 Å². The van der Waals surface area contributed by atoms with Crippen LogP contribution >= 0.6 is 0 Å². The second kappa shape index (κ2) is 9.05. The van der Waals surface area contributed by atoms with E-state index in [1.54, 1.807) is 13.0 Å². The summed E-state index contributed by atoms with van der Waals surface area (Å²) >= 11 is 0. The SMILES string of the molecule is CC(CC(=O)NC1CCCC1)=NNC(=O)COc1cccc(C)c1. The molecule has 0 radical (unpaired) electrons. The molecule has 0 aliphatic heterocycles. The number of benzene rings is 1. The number of aryl methyl sites for hydroxylation is 1. The highest BCUT2D eigenvalue weighted by molar-refractivity contribution is 6.00. The number of carbonyl (C=O) groups is 2. The maximum atomic E-state index is 11.9. The molecule has 2 N–H and O–H groups in total. The number of hydrogen-bond donors (Lipinski definition) is 2. The number of nitrogens with zero attached hydrogens (tertiary/aromatic N) is 1. The van der Waals surface area contributed by atoms with Gasteiger partial charge < -0.3 is 10.1 Å². The molecule has 6 heteroatoms. The first-order valence-electron chi connectivity index (χ1n) is 8.34. The zero-order chi connectivity index (χ0) is 17.4. The lowest BCUT2D eigenvalue weighted by atomic mass is 10.2. The normalized spacial score (nSPS) is 15.2. The highest BCUT2D eigenvalue weighted by Crippen LogP contribution is 2.17. The van der Waals surface area contributed by atoms with Gasteiger partial charge in [-0.25, -0.2) is 5.43 Å². The molecule has 0 aromatic heterocycles. The summed E-state index contributed by atoms with van der Waals surface area (Å²) in [5.74, 6) is 0.238. The van der Waals surface area contributed by atoms with Crippen LogP contribution in [0.15, 0.2) is 29.4 Å². The highest BCUT2D eigenvalue weighted by Gasteiger charge is 2.17. The minimum absolute atomic E-state index is 0.0478. The van der Waals surface area contributed by atoms with E-state index in [0.717, 1.165) is 18.4 Å². The Morgan fingerprint density at radius 3 is 2.71 bits per heavy atom. The molecule has 0 atom stereocenters. The van der Waals surface area contributed by atoms with Crippen LogP contribution in [0.5, 0.6) is 5.75 Å². The number of rotatable bonds is 7. The summed E-state index contributed by atoms with van der Waals surface area (Å²) in [5, 5.41) is 6.94. The van der Waals surface area contributed by atoms with Gasteiger partial charge in [0, 0.05) is 11.8 Å². The summed E-state index contributed by atoms with van der Waals surface area (Å²) in [7, 11) is 0. The van der Waals surface area contributed by atoms with Crippen LogP contribution in [-0.4, -0.2) is 30.2 Å². The molecule has 0 saturated heterocycles. The van der Waals surface area contributed by atoms with Crippen LogP contribution in [-0.2, 0) is 9.59 Å². The van der Waals surface area contributed by atoms with Crippen LogP contribution in [0.3, 0.4) is 0 Å². The number of ether oxygens (including phenoxy) is 1. The first-order chi connectivity index (χ1) is 11.5. The van der Waals surface area contributed by atoms with Gasteiger partial charge in [0.1, 0.15) is 5.75 Å². The standard InChI is InChI=1S/C18H25N3O3/c1-13-6-5-9-16(10-13)24-12-18(23)21-20-14(2)11-17(22)19-15-7-3-4-8-15/h5-6,9-10,15H,3-4,7-8,11-12H2,1-2H3,(H,19,22)(H,21,23). The van der Waals surface area contributed by atoms with E-state index in [4.69, 9.17) is 4.74 Å². The summed E-state index contributed by atoms with van der Waals surface area (Å²) in [6, 6.07) is 7.77. The molecule has 1 aromatic rings. The molecule has 2 amide bonds. The Labute approximate surface area is 142 Å². The molecular formula is C18H25N3O3. The lowest BCUT2D eigenvalue weighted by molar-refractivity contribution is -0.123. The smallest absolute Gasteiger partial charge is 0.277 e. The van der Waals surface area contributed by atoms with Gasteiger partial charge in [0.05, 0.1) is 6.42 Å². The van der Waals surface area contributed by atoms with Crippen LogP contribution < -0.4 is 15.5 Å². The zero-order valence-electron chi connectivity index (χ0n) is 14.3. The molecule has 1 aliphatic carbocycles. The van der Waals surface area contributed by atoms with Gasteiger partial charge in [0.2, 0.25) is 5.91 Å². The molecule has 0 heterocycles. The van der Waals surface area contributed by atoms with Gasteiger partial charge >= 0.3 is 0 Å². The van der Waals surface area contributed by atoms with E-state index >= 15 is 0 Å². The Kier molecular flexibility index (Phi) is 6.78. The zero-order valence-corrected chi connectivity index (χ0v) is 14.3. The summed E-state index contributed by atoms with van der Waals surface area (Å²) in [5.41, 5.74) is 4.04. The highest BCUT2D eigenvalue weighted by atomic mass is 16.5.